The summed E-state index contributed by atoms with van der Waals surface area (Å²) in [6.07, 6.45) is 1.79. The van der Waals surface area contributed by atoms with Gasteiger partial charge in [-0.15, -0.1) is 0 Å². The molecule has 0 fully saturated rings. The number of allylic oxidation sites excluding steroid dienone is 4. The van der Waals surface area contributed by atoms with Gasteiger partial charge < -0.3 is 19.5 Å². The lowest BCUT2D eigenvalue weighted by Crippen LogP contribution is -2.45. The van der Waals surface area contributed by atoms with Gasteiger partial charge in [0.05, 0.1) is 17.1 Å². The van der Waals surface area contributed by atoms with Crippen molar-refractivity contribution in [3.63, 3.8) is 0 Å². The van der Waals surface area contributed by atoms with Gasteiger partial charge in [-0.05, 0) is 76.1 Å². The summed E-state index contributed by atoms with van der Waals surface area (Å²) in [7, 11) is 1.56. The van der Waals surface area contributed by atoms with E-state index in [4.69, 9.17) is 32.7 Å². The molecule has 0 atom stereocenters. The van der Waals surface area contributed by atoms with Crippen LogP contribution in [0.5, 0.6) is 11.5 Å². The topological polar surface area (TPSA) is 93.1 Å². The number of Topliss-reactive ketones (excluding diaryl/α,β-unsaturated/α-hetero) is 2. The van der Waals surface area contributed by atoms with E-state index in [1.807, 2.05) is 23.1 Å². The Kier molecular flexibility index (Phi) is 9.19. The third-order valence-electron chi connectivity index (χ3n) is 8.54. The first-order valence-corrected chi connectivity index (χ1v) is 16.4. The zero-order chi connectivity index (χ0) is 32.1. The molecule has 3 aliphatic rings. The fourth-order valence-electron chi connectivity index (χ4n) is 6.69. The zero-order valence-electron chi connectivity index (χ0n) is 25.5. The summed E-state index contributed by atoms with van der Waals surface area (Å²) in [4.78, 5) is 41.8. The second-order valence-corrected chi connectivity index (χ2v) is 15.4. The highest BCUT2D eigenvalue weighted by Crippen LogP contribution is 2.55. The van der Waals surface area contributed by atoms with E-state index in [9.17, 15) is 19.5 Å². The summed E-state index contributed by atoms with van der Waals surface area (Å²) in [5.41, 5.74) is 3.75. The standard InChI is InChI=1S/C34H36Cl2INO6/c1-33(2)13-23-30(25(39)15-33)29(31-24(38(23)9-8-28(41)42)14-34(3,4)16-26(31)40)19-10-22(37)32(27(11-19)43-5)44-17-18-6-7-20(35)12-21(18)36/h6-7,10-12,29H,8-9,13-17H2,1-5H3,(H,41,42). The van der Waals surface area contributed by atoms with E-state index in [1.54, 1.807) is 19.2 Å². The molecule has 10 heteroatoms. The van der Waals surface area contributed by atoms with E-state index < -0.39 is 11.9 Å². The smallest absolute Gasteiger partial charge is 0.305 e. The lowest BCUT2D eigenvalue weighted by Gasteiger charge is -2.49. The van der Waals surface area contributed by atoms with E-state index in [0.717, 1.165) is 26.1 Å². The van der Waals surface area contributed by atoms with Gasteiger partial charge in [-0.2, -0.15) is 0 Å². The van der Waals surface area contributed by atoms with Crippen LogP contribution < -0.4 is 9.47 Å². The summed E-state index contributed by atoms with van der Waals surface area (Å²) in [6.45, 7) is 8.63. The molecule has 0 bridgehead atoms. The van der Waals surface area contributed by atoms with Crippen molar-refractivity contribution in [3.8, 4) is 11.5 Å². The zero-order valence-corrected chi connectivity index (χ0v) is 29.2. The Morgan fingerprint density at radius 2 is 1.57 bits per heavy atom. The Morgan fingerprint density at radius 1 is 0.977 bits per heavy atom. The largest absolute Gasteiger partial charge is 0.493 e. The molecule has 0 radical (unpaired) electrons. The second kappa shape index (κ2) is 12.3. The fraction of sp³-hybridized carbons (Fsp3) is 0.441. The minimum Gasteiger partial charge on any atom is -0.493 e. The maximum Gasteiger partial charge on any atom is 0.305 e. The number of hydrogen-bond donors (Lipinski definition) is 1. The number of ether oxygens (including phenoxy) is 2. The monoisotopic (exact) mass is 751 g/mol. The van der Waals surface area contributed by atoms with Crippen LogP contribution in [0.25, 0.3) is 0 Å². The molecule has 0 saturated carbocycles. The molecule has 1 N–H and O–H groups in total. The maximum absolute atomic E-state index is 14.0. The molecule has 0 spiro atoms. The van der Waals surface area contributed by atoms with Crippen molar-refractivity contribution in [1.29, 1.82) is 0 Å². The van der Waals surface area contributed by atoms with Gasteiger partial charge in [-0.25, -0.2) is 0 Å². The molecule has 1 heterocycles. The van der Waals surface area contributed by atoms with Gasteiger partial charge in [0.1, 0.15) is 6.61 Å². The number of ketones is 2. The van der Waals surface area contributed by atoms with Crippen molar-refractivity contribution in [2.24, 2.45) is 10.8 Å². The predicted molar refractivity (Wildman–Crippen MR) is 178 cm³/mol. The van der Waals surface area contributed by atoms with Crippen molar-refractivity contribution in [3.05, 3.63) is 77.6 Å². The molecule has 44 heavy (non-hydrogen) atoms. The number of methoxy groups -OCH3 is 1. The van der Waals surface area contributed by atoms with E-state index in [1.165, 1.54) is 0 Å². The van der Waals surface area contributed by atoms with Crippen LogP contribution in [0.1, 0.15) is 76.8 Å². The first kappa shape index (κ1) is 32.8. The first-order valence-electron chi connectivity index (χ1n) is 14.6. The number of carboxylic acids is 1. The van der Waals surface area contributed by atoms with Gasteiger partial charge >= 0.3 is 5.97 Å². The Morgan fingerprint density at radius 3 is 2.09 bits per heavy atom. The summed E-state index contributed by atoms with van der Waals surface area (Å²) in [5, 5.41) is 10.6. The molecule has 2 aromatic rings. The third-order valence-corrected chi connectivity index (χ3v) is 9.93. The number of aliphatic carboxylic acids is 1. The van der Waals surface area contributed by atoms with E-state index in [-0.39, 0.29) is 42.0 Å². The van der Waals surface area contributed by atoms with Crippen molar-refractivity contribution in [2.45, 2.75) is 72.3 Å². The van der Waals surface area contributed by atoms with Crippen LogP contribution in [0.3, 0.4) is 0 Å². The summed E-state index contributed by atoms with van der Waals surface area (Å²) < 4.78 is 12.8. The van der Waals surface area contributed by atoms with Crippen molar-refractivity contribution < 1.29 is 29.0 Å². The highest BCUT2D eigenvalue weighted by atomic mass is 127. The van der Waals surface area contributed by atoms with Gasteiger partial charge in [0.25, 0.3) is 0 Å². The van der Waals surface area contributed by atoms with Crippen LogP contribution in [0.4, 0.5) is 0 Å². The number of hydrogen-bond acceptors (Lipinski definition) is 6. The normalized spacial score (nSPS) is 19.6. The number of carboxylic acid groups (broad SMARTS) is 1. The first-order chi connectivity index (χ1) is 20.6. The SMILES string of the molecule is COc1cc(C2C3=C(CC(C)(C)CC3=O)N(CCC(=O)O)C3=C2C(=O)CC(C)(C)C3)cc(I)c1OCc1ccc(Cl)cc1Cl. The number of benzene rings is 2. The Labute approximate surface area is 281 Å². The van der Waals surface area contributed by atoms with Crippen molar-refractivity contribution in [2.75, 3.05) is 13.7 Å². The van der Waals surface area contributed by atoms with Crippen molar-refractivity contribution >= 4 is 63.3 Å². The van der Waals surface area contributed by atoms with Gasteiger partial charge in [0, 0.05) is 63.5 Å². The second-order valence-electron chi connectivity index (χ2n) is 13.4. The lowest BCUT2D eigenvalue weighted by molar-refractivity contribution is -0.137. The molecule has 0 aromatic heterocycles. The lowest BCUT2D eigenvalue weighted by atomic mass is 9.63. The number of carbonyl (C=O) groups is 3. The molecular formula is C34H36Cl2INO6. The molecule has 234 valence electrons. The van der Waals surface area contributed by atoms with Crippen LogP contribution in [0, 0.1) is 14.4 Å². The van der Waals surface area contributed by atoms with Gasteiger partial charge in [0.15, 0.2) is 23.1 Å². The number of nitrogens with zero attached hydrogens (tertiary/aromatic N) is 1. The van der Waals surface area contributed by atoms with Crippen LogP contribution in [0.15, 0.2) is 52.9 Å². The van der Waals surface area contributed by atoms with Crippen LogP contribution >= 0.6 is 45.8 Å². The Balaban J connectivity index is 1.65. The van der Waals surface area contributed by atoms with Gasteiger partial charge in [0.2, 0.25) is 0 Å². The van der Waals surface area contributed by atoms with Crippen LogP contribution in [0.2, 0.25) is 10.0 Å². The highest BCUT2D eigenvalue weighted by molar-refractivity contribution is 14.1. The molecule has 1 aliphatic heterocycles. The highest BCUT2D eigenvalue weighted by Gasteiger charge is 2.49. The number of carbonyl (C=O) groups excluding carboxylic acids is 2. The Bertz CT molecular complexity index is 1570. The molecule has 2 aromatic carbocycles. The predicted octanol–water partition coefficient (Wildman–Crippen LogP) is 8.35. The molecule has 0 unspecified atom stereocenters. The van der Waals surface area contributed by atoms with Crippen molar-refractivity contribution in [1.82, 2.24) is 4.90 Å². The van der Waals surface area contributed by atoms with Gasteiger partial charge in [-0.3, -0.25) is 14.4 Å². The van der Waals surface area contributed by atoms with E-state index >= 15 is 0 Å². The number of halogens is 3. The third kappa shape index (κ3) is 6.53. The van der Waals surface area contributed by atoms with Crippen LogP contribution in [-0.2, 0) is 21.0 Å². The van der Waals surface area contributed by atoms with Crippen LogP contribution in [-0.4, -0.2) is 41.2 Å². The average molecular weight is 752 g/mol. The summed E-state index contributed by atoms with van der Waals surface area (Å²) in [5.74, 6) is -0.543. The molecule has 7 nitrogen and oxygen atoms in total. The molecule has 2 aliphatic carbocycles. The maximum atomic E-state index is 14.0. The fourth-order valence-corrected chi connectivity index (χ4v) is 7.94. The quantitative estimate of drug-likeness (QED) is 0.271. The molecule has 0 saturated heterocycles. The van der Waals surface area contributed by atoms with E-state index in [2.05, 4.69) is 50.3 Å². The van der Waals surface area contributed by atoms with E-state index in [0.29, 0.717) is 58.4 Å². The molecular weight excluding hydrogens is 716 g/mol. The summed E-state index contributed by atoms with van der Waals surface area (Å²) >= 11 is 14.6. The molecule has 5 rings (SSSR count). The van der Waals surface area contributed by atoms with Gasteiger partial charge in [-0.1, -0.05) is 57.0 Å². The number of rotatable bonds is 8. The molecule has 0 amide bonds. The Hall–Kier alpha value is -2.56. The average Bonchev–Trinajstić information content (AvgIpc) is 2.89. The minimum atomic E-state index is -0.922. The summed E-state index contributed by atoms with van der Waals surface area (Å²) in [6, 6.07) is 9.03. The minimum absolute atomic E-state index is 0.0163.